The number of allylic oxidation sites excluding steroid dienone is 8. The first-order valence-corrected chi connectivity index (χ1v) is 7.39. The van der Waals surface area contributed by atoms with Crippen molar-refractivity contribution in [3.8, 4) is 0 Å². The summed E-state index contributed by atoms with van der Waals surface area (Å²) in [6.45, 7) is 4.44. The molecule has 0 aromatic rings. The molecule has 4 heteroatoms. The van der Waals surface area contributed by atoms with Crippen LogP contribution >= 0.6 is 0 Å². The molecule has 0 saturated heterocycles. The summed E-state index contributed by atoms with van der Waals surface area (Å²) in [5, 5.41) is 0. The van der Waals surface area contributed by atoms with Crippen LogP contribution in [0.2, 0.25) is 0 Å². The smallest absolute Gasteiger partial charge is 1.00 e. The van der Waals surface area contributed by atoms with Crippen LogP contribution in [0.3, 0.4) is 0 Å². The monoisotopic (exact) mass is 492 g/mol. The molecule has 0 aliphatic heterocycles. The van der Waals surface area contributed by atoms with Crippen molar-refractivity contribution in [2.45, 2.75) is 65.2 Å². The van der Waals surface area contributed by atoms with Gasteiger partial charge in [-0.1, -0.05) is 52.4 Å². The van der Waals surface area contributed by atoms with Crippen molar-refractivity contribution in [1.29, 1.82) is 0 Å². The van der Waals surface area contributed by atoms with E-state index in [1.165, 1.54) is 49.7 Å². The van der Waals surface area contributed by atoms with Crippen LogP contribution in [0, 0.1) is 12.2 Å². The number of halogens is 2. The quantitative estimate of drug-likeness (QED) is 0.446. The van der Waals surface area contributed by atoms with Gasteiger partial charge in [0.05, 0.1) is 0 Å². The molecule has 0 aromatic heterocycles. The molecule has 0 atom stereocenters. The summed E-state index contributed by atoms with van der Waals surface area (Å²) in [5.74, 6) is 0. The largest absolute Gasteiger partial charge is 2.00 e. The van der Waals surface area contributed by atoms with Gasteiger partial charge in [0, 0.05) is 0 Å². The minimum Gasteiger partial charge on any atom is -1.00 e. The summed E-state index contributed by atoms with van der Waals surface area (Å²) in [4.78, 5) is 0. The van der Waals surface area contributed by atoms with Crippen molar-refractivity contribution in [3.05, 3.63) is 47.6 Å². The average molecular weight is 496 g/mol. The Hall–Kier alpha value is 1.31. The van der Waals surface area contributed by atoms with Gasteiger partial charge in [0.1, 0.15) is 0 Å². The minimum atomic E-state index is 0. The molecular weight excluding hydrogens is 470 g/mol. The van der Waals surface area contributed by atoms with E-state index in [2.05, 4.69) is 50.3 Å². The summed E-state index contributed by atoms with van der Waals surface area (Å²) < 4.78 is 0. The van der Waals surface area contributed by atoms with Gasteiger partial charge < -0.3 is 24.8 Å². The first-order chi connectivity index (χ1) is 8.86. The van der Waals surface area contributed by atoms with E-state index in [-0.39, 0.29) is 77.2 Å². The Morgan fingerprint density at radius 1 is 0.773 bits per heavy atom. The van der Waals surface area contributed by atoms with Gasteiger partial charge in [-0.2, -0.15) is 12.2 Å². The normalized spacial score (nSPS) is 13.4. The SMILES string of the molecule is CCCCC1=[C-]CC=C1.CCCCC1=[C-]CC=C1.[Cl-].[Cl-].[Zr+2].[Zr+2]. The molecule has 0 aromatic carbocycles. The molecule has 0 saturated carbocycles. The maximum atomic E-state index is 3.30. The molecule has 2 aliphatic carbocycles. The first-order valence-electron chi connectivity index (χ1n) is 7.39. The number of unbranched alkanes of at least 4 members (excludes halogenated alkanes) is 2. The van der Waals surface area contributed by atoms with Crippen molar-refractivity contribution >= 4 is 0 Å². The van der Waals surface area contributed by atoms with E-state index in [0.29, 0.717) is 0 Å². The fraction of sp³-hybridized carbons (Fsp3) is 0.556. The second-order valence-corrected chi connectivity index (χ2v) is 4.82. The number of rotatable bonds is 6. The minimum absolute atomic E-state index is 0. The predicted molar refractivity (Wildman–Crippen MR) is 80.1 cm³/mol. The Morgan fingerprint density at radius 3 is 1.36 bits per heavy atom. The van der Waals surface area contributed by atoms with Gasteiger partial charge >= 0.3 is 52.4 Å². The van der Waals surface area contributed by atoms with Gasteiger partial charge in [-0.05, 0) is 0 Å². The second-order valence-electron chi connectivity index (χ2n) is 4.82. The third-order valence-electron chi connectivity index (χ3n) is 3.13. The predicted octanol–water partition coefficient (Wildman–Crippen LogP) is -0.265. The molecule has 120 valence electrons. The van der Waals surface area contributed by atoms with Crippen LogP contribution in [-0.4, -0.2) is 0 Å². The Balaban J connectivity index is -0.000000125. The van der Waals surface area contributed by atoms with E-state index < -0.39 is 0 Å². The van der Waals surface area contributed by atoms with Crippen LogP contribution in [0.1, 0.15) is 65.2 Å². The third-order valence-corrected chi connectivity index (χ3v) is 3.13. The fourth-order valence-corrected chi connectivity index (χ4v) is 1.98. The Kier molecular flexibility index (Phi) is 31.5. The van der Waals surface area contributed by atoms with E-state index >= 15 is 0 Å². The third kappa shape index (κ3) is 16.2. The molecule has 22 heavy (non-hydrogen) atoms. The van der Waals surface area contributed by atoms with Gasteiger partial charge in [-0.25, -0.2) is 23.3 Å². The summed E-state index contributed by atoms with van der Waals surface area (Å²) in [6.07, 6.45) is 25.1. The van der Waals surface area contributed by atoms with Crippen LogP contribution in [0.15, 0.2) is 35.5 Å². The van der Waals surface area contributed by atoms with Crippen molar-refractivity contribution < 1.29 is 77.2 Å². The summed E-state index contributed by atoms with van der Waals surface area (Å²) >= 11 is 0. The standard InChI is InChI=1S/2C9H13.2ClH.2Zr/c2*1-2-3-6-9-7-4-5-8-9;;;;/h2*4,7H,2-3,5-6H2,1H3;2*1H;;/q2*-1;;;2*+2/p-2. The molecule has 0 spiro atoms. The second kappa shape index (κ2) is 22.3. The van der Waals surface area contributed by atoms with Crippen molar-refractivity contribution in [2.24, 2.45) is 0 Å². The number of hydrogen-bond acceptors (Lipinski definition) is 0. The van der Waals surface area contributed by atoms with Crippen molar-refractivity contribution in [3.63, 3.8) is 0 Å². The molecule has 0 bridgehead atoms. The van der Waals surface area contributed by atoms with E-state index in [1.807, 2.05) is 0 Å². The summed E-state index contributed by atoms with van der Waals surface area (Å²) in [5.41, 5.74) is 2.83. The van der Waals surface area contributed by atoms with Crippen LogP contribution in [0.5, 0.6) is 0 Å². The molecular formula is C18H26Cl2Zr2. The van der Waals surface area contributed by atoms with Crippen molar-refractivity contribution in [2.75, 3.05) is 0 Å². The summed E-state index contributed by atoms with van der Waals surface area (Å²) in [6, 6.07) is 0. The Bertz CT molecular complexity index is 311. The zero-order valence-electron chi connectivity index (χ0n) is 13.7. The molecule has 2 rings (SSSR count). The van der Waals surface area contributed by atoms with E-state index in [4.69, 9.17) is 0 Å². The Labute approximate surface area is 188 Å². The van der Waals surface area contributed by atoms with E-state index in [9.17, 15) is 0 Å². The summed E-state index contributed by atoms with van der Waals surface area (Å²) in [7, 11) is 0. The zero-order chi connectivity index (χ0) is 13.1. The zero-order valence-corrected chi connectivity index (χ0v) is 20.2. The molecule has 0 amide bonds. The Morgan fingerprint density at radius 2 is 1.14 bits per heavy atom. The van der Waals surface area contributed by atoms with Gasteiger partial charge in [0.2, 0.25) is 0 Å². The average Bonchev–Trinajstić information content (AvgIpc) is 3.07. The maximum Gasteiger partial charge on any atom is 2.00 e. The molecule has 0 fully saturated rings. The molecule has 0 heterocycles. The van der Waals surface area contributed by atoms with Crippen molar-refractivity contribution in [1.82, 2.24) is 0 Å². The van der Waals surface area contributed by atoms with Gasteiger partial charge in [-0.15, -0.1) is 12.8 Å². The fourth-order valence-electron chi connectivity index (χ4n) is 1.98. The topological polar surface area (TPSA) is 0 Å². The molecule has 0 unspecified atom stereocenters. The van der Waals surface area contributed by atoms with Crippen LogP contribution in [0.25, 0.3) is 0 Å². The molecule has 0 nitrogen and oxygen atoms in total. The van der Waals surface area contributed by atoms with E-state index in [0.717, 1.165) is 12.8 Å². The number of hydrogen-bond donors (Lipinski definition) is 0. The maximum absolute atomic E-state index is 3.30. The van der Waals surface area contributed by atoms with Crippen LogP contribution in [0.4, 0.5) is 0 Å². The van der Waals surface area contributed by atoms with Gasteiger partial charge in [-0.3, -0.25) is 12.2 Å². The van der Waals surface area contributed by atoms with Gasteiger partial charge in [0.15, 0.2) is 0 Å². The first kappa shape index (κ1) is 31.1. The van der Waals surface area contributed by atoms with Crippen LogP contribution in [-0.2, 0) is 52.4 Å². The van der Waals surface area contributed by atoms with Crippen LogP contribution < -0.4 is 24.8 Å². The van der Waals surface area contributed by atoms with E-state index in [1.54, 1.807) is 0 Å². The van der Waals surface area contributed by atoms with Gasteiger partial charge in [0.25, 0.3) is 0 Å². The molecule has 0 radical (unpaired) electrons. The molecule has 2 aliphatic rings. The molecule has 0 N–H and O–H groups in total.